The van der Waals surface area contributed by atoms with E-state index < -0.39 is 33.1 Å². The molecule has 206 valence electrons. The summed E-state index contributed by atoms with van der Waals surface area (Å²) in [5.74, 6) is -0.807. The van der Waals surface area contributed by atoms with Gasteiger partial charge in [-0.2, -0.15) is 0 Å². The van der Waals surface area contributed by atoms with E-state index in [1.807, 2.05) is 13.0 Å². The van der Waals surface area contributed by atoms with Crippen LogP contribution in [0.5, 0.6) is 0 Å². The van der Waals surface area contributed by atoms with Crippen molar-refractivity contribution in [2.75, 3.05) is 26.4 Å². The maximum atomic E-state index is 12.4. The van der Waals surface area contributed by atoms with Crippen molar-refractivity contribution >= 4 is 13.8 Å². The Morgan fingerprint density at radius 2 is 1.42 bits per heavy atom. The first kappa shape index (κ1) is 34.2. The first-order chi connectivity index (χ1) is 17.4. The number of rotatable bonds is 22. The lowest BCUT2D eigenvalue weighted by Gasteiger charge is -2.20. The monoisotopic (exact) mass is 527 g/mol. The van der Waals surface area contributed by atoms with Crippen molar-refractivity contribution in [3.8, 4) is 0 Å². The van der Waals surface area contributed by atoms with Crippen molar-refractivity contribution in [1.29, 1.82) is 0 Å². The quantitative estimate of drug-likeness (QED) is 0.0951. The van der Waals surface area contributed by atoms with E-state index in [-0.39, 0.29) is 19.1 Å². The molecule has 3 atom stereocenters. The van der Waals surface area contributed by atoms with E-state index in [1.165, 1.54) is 0 Å². The van der Waals surface area contributed by atoms with Crippen LogP contribution in [-0.2, 0) is 23.1 Å². The van der Waals surface area contributed by atoms with Crippen molar-refractivity contribution < 1.29 is 33.1 Å². The van der Waals surface area contributed by atoms with Gasteiger partial charge < -0.3 is 20.5 Å². The summed E-state index contributed by atoms with van der Waals surface area (Å²) in [7, 11) is -4.30. The van der Waals surface area contributed by atoms with Crippen LogP contribution in [0.15, 0.2) is 60.8 Å². The number of allylic oxidation sites excluding steroid dienone is 10. The Morgan fingerprint density at radius 3 is 1.89 bits per heavy atom. The largest absolute Gasteiger partial charge is 0.472 e. The Balaban J connectivity index is 4.16. The highest BCUT2D eigenvalue weighted by atomic mass is 31.2. The molecule has 0 bridgehead atoms. The van der Waals surface area contributed by atoms with Gasteiger partial charge in [-0.3, -0.25) is 13.8 Å². The van der Waals surface area contributed by atoms with Crippen molar-refractivity contribution in [3.05, 3.63) is 60.8 Å². The first-order valence-electron chi connectivity index (χ1n) is 12.8. The van der Waals surface area contributed by atoms with Gasteiger partial charge >= 0.3 is 13.8 Å². The summed E-state index contributed by atoms with van der Waals surface area (Å²) in [5, 5.41) is 9.41. The highest BCUT2D eigenvalue weighted by Crippen LogP contribution is 2.43. The van der Waals surface area contributed by atoms with Crippen LogP contribution in [0.3, 0.4) is 0 Å². The average molecular weight is 528 g/mol. The second-order valence-corrected chi connectivity index (χ2v) is 9.47. The lowest BCUT2D eigenvalue weighted by atomic mass is 10.0. The van der Waals surface area contributed by atoms with Gasteiger partial charge in [0.25, 0.3) is 0 Å². The van der Waals surface area contributed by atoms with Crippen molar-refractivity contribution in [1.82, 2.24) is 0 Å². The number of carbonyl (C=O) groups excluding carboxylic acids is 1. The predicted molar refractivity (Wildman–Crippen MR) is 145 cm³/mol. The summed E-state index contributed by atoms with van der Waals surface area (Å²) >= 11 is 0. The number of phosphoric acid groups is 1. The zero-order chi connectivity index (χ0) is 26.9. The van der Waals surface area contributed by atoms with Gasteiger partial charge in [0.2, 0.25) is 0 Å². The topological polar surface area (TPSA) is 128 Å². The number of nitrogens with two attached hydrogens (primary N) is 1. The normalized spacial score (nSPS) is 16.0. The van der Waals surface area contributed by atoms with Gasteiger partial charge in [0, 0.05) is 6.54 Å². The molecule has 36 heavy (non-hydrogen) atoms. The number of hydrogen-bond acceptors (Lipinski definition) is 7. The third-order valence-corrected chi connectivity index (χ3v) is 5.93. The maximum absolute atomic E-state index is 12.4. The van der Waals surface area contributed by atoms with Gasteiger partial charge in [0.1, 0.15) is 6.10 Å². The molecule has 0 radical (unpaired) electrons. The van der Waals surface area contributed by atoms with E-state index in [0.29, 0.717) is 12.8 Å². The minimum Gasteiger partial charge on any atom is -0.457 e. The predicted octanol–water partition coefficient (Wildman–Crippen LogP) is 5.54. The van der Waals surface area contributed by atoms with E-state index in [4.69, 9.17) is 15.0 Å². The lowest BCUT2D eigenvalue weighted by Crippen LogP contribution is -2.30. The van der Waals surface area contributed by atoms with Gasteiger partial charge in [-0.05, 0) is 51.4 Å². The second-order valence-electron chi connectivity index (χ2n) is 8.02. The molecule has 0 saturated heterocycles. The van der Waals surface area contributed by atoms with Crippen LogP contribution in [0.1, 0.15) is 65.2 Å². The molecular weight excluding hydrogens is 481 g/mol. The van der Waals surface area contributed by atoms with Gasteiger partial charge in [-0.1, -0.05) is 74.6 Å². The van der Waals surface area contributed by atoms with Crippen LogP contribution >= 0.6 is 7.82 Å². The van der Waals surface area contributed by atoms with E-state index in [9.17, 15) is 19.4 Å². The summed E-state index contributed by atoms with van der Waals surface area (Å²) < 4.78 is 26.3. The number of hydrogen-bond donors (Lipinski definition) is 3. The summed E-state index contributed by atoms with van der Waals surface area (Å²) in [6.45, 7) is 2.94. The number of ether oxygens (including phenoxy) is 1. The van der Waals surface area contributed by atoms with Crippen LogP contribution < -0.4 is 5.73 Å². The van der Waals surface area contributed by atoms with E-state index in [2.05, 4.69) is 66.1 Å². The average Bonchev–Trinajstić information content (AvgIpc) is 2.87. The smallest absolute Gasteiger partial charge is 0.457 e. The number of aliphatic hydroxyl groups excluding tert-OH is 1. The Kier molecular flexibility index (Phi) is 22.4. The first-order valence-corrected chi connectivity index (χ1v) is 14.3. The van der Waals surface area contributed by atoms with Gasteiger partial charge in [-0.25, -0.2) is 4.57 Å². The number of phosphoric ester groups is 1. The zero-order valence-electron chi connectivity index (χ0n) is 21.9. The van der Waals surface area contributed by atoms with Crippen LogP contribution in [0, 0.1) is 5.92 Å². The molecule has 0 aromatic rings. The fourth-order valence-corrected chi connectivity index (χ4v) is 3.69. The molecule has 8 nitrogen and oxygen atoms in total. The number of aliphatic hydroxyl groups is 1. The Morgan fingerprint density at radius 1 is 0.889 bits per heavy atom. The summed E-state index contributed by atoms with van der Waals surface area (Å²) in [4.78, 5) is 21.9. The van der Waals surface area contributed by atoms with E-state index >= 15 is 0 Å². The molecule has 0 heterocycles. The van der Waals surface area contributed by atoms with Crippen LogP contribution in [0.2, 0.25) is 0 Å². The standard InChI is InChI=1S/C27H46NO7P/c1-3-5-6-7-8-9-10-11-12-13-14-15-16-17-18-19-20-25(4-2)27(30)35-26(23-29)24-34-36(31,32)33-22-21-28/h5-6,8-9,11-12,14-15,17-18,25-26,29H,3-4,7,10,13,16,19-24,28H2,1-2H3,(H,31,32). The molecule has 0 aliphatic heterocycles. The molecular formula is C27H46NO7P. The summed E-state index contributed by atoms with van der Waals surface area (Å²) in [5.41, 5.74) is 5.21. The number of esters is 1. The fraction of sp³-hybridized carbons (Fsp3) is 0.593. The van der Waals surface area contributed by atoms with Gasteiger partial charge in [0.05, 0.1) is 25.7 Å². The van der Waals surface area contributed by atoms with Crippen LogP contribution in [0.25, 0.3) is 0 Å². The molecule has 3 unspecified atom stereocenters. The maximum Gasteiger partial charge on any atom is 0.472 e. The lowest BCUT2D eigenvalue weighted by molar-refractivity contribution is -0.158. The minimum absolute atomic E-state index is 0.0579. The third kappa shape index (κ3) is 20.4. The van der Waals surface area contributed by atoms with Crippen molar-refractivity contribution in [3.63, 3.8) is 0 Å². The molecule has 0 aromatic carbocycles. The second kappa shape index (κ2) is 23.6. The van der Waals surface area contributed by atoms with Crippen LogP contribution in [-0.4, -0.2) is 48.4 Å². The molecule has 0 aliphatic carbocycles. The van der Waals surface area contributed by atoms with E-state index in [0.717, 1.165) is 38.5 Å². The molecule has 4 N–H and O–H groups in total. The van der Waals surface area contributed by atoms with Gasteiger partial charge in [-0.15, -0.1) is 0 Å². The number of carbonyl (C=O) groups is 1. The molecule has 9 heteroatoms. The molecule has 0 fully saturated rings. The third-order valence-electron chi connectivity index (χ3n) is 4.95. The van der Waals surface area contributed by atoms with Gasteiger partial charge in [0.15, 0.2) is 0 Å². The molecule has 0 aromatic heterocycles. The Bertz CT molecular complexity index is 746. The Hall–Kier alpha value is -1.80. The highest BCUT2D eigenvalue weighted by Gasteiger charge is 2.26. The molecule has 0 spiro atoms. The summed E-state index contributed by atoms with van der Waals surface area (Å²) in [6.07, 6.45) is 27.0. The molecule has 0 saturated carbocycles. The zero-order valence-corrected chi connectivity index (χ0v) is 22.8. The SMILES string of the molecule is CCC=CCC=CCC=CCC=CCC=CCCC(CC)C(=O)OC(CO)COP(=O)(O)OCCN. The van der Waals surface area contributed by atoms with E-state index in [1.54, 1.807) is 0 Å². The molecule has 0 rings (SSSR count). The highest BCUT2D eigenvalue weighted by molar-refractivity contribution is 7.47. The fourth-order valence-electron chi connectivity index (χ4n) is 2.92. The Labute approximate surface area is 217 Å². The molecule has 0 aliphatic rings. The van der Waals surface area contributed by atoms with Crippen molar-refractivity contribution in [2.24, 2.45) is 11.7 Å². The van der Waals surface area contributed by atoms with Crippen molar-refractivity contribution in [2.45, 2.75) is 71.3 Å². The summed E-state index contributed by atoms with van der Waals surface area (Å²) in [6, 6.07) is 0. The minimum atomic E-state index is -4.30. The molecule has 0 amide bonds. The van der Waals surface area contributed by atoms with Crippen LogP contribution in [0.4, 0.5) is 0 Å².